The summed E-state index contributed by atoms with van der Waals surface area (Å²) in [6.07, 6.45) is 1.91. The van der Waals surface area contributed by atoms with Crippen LogP contribution in [0.5, 0.6) is 0 Å². The first kappa shape index (κ1) is 16.4. The predicted molar refractivity (Wildman–Crippen MR) is 86.8 cm³/mol. The zero-order valence-corrected chi connectivity index (χ0v) is 13.7. The van der Waals surface area contributed by atoms with Gasteiger partial charge in [-0.1, -0.05) is 12.1 Å². The Labute approximate surface area is 133 Å². The summed E-state index contributed by atoms with van der Waals surface area (Å²) in [4.78, 5) is 12.8. The summed E-state index contributed by atoms with van der Waals surface area (Å²) in [5, 5.41) is 0. The summed E-state index contributed by atoms with van der Waals surface area (Å²) in [6.45, 7) is 0. The van der Waals surface area contributed by atoms with Crippen LogP contribution in [0.2, 0.25) is 0 Å². The van der Waals surface area contributed by atoms with E-state index < -0.39 is 16.0 Å². The fourth-order valence-electron chi connectivity index (χ4n) is 1.82. The molecule has 0 saturated heterocycles. The number of hydrogen-bond donors (Lipinski definition) is 1. The Morgan fingerprint density at radius 3 is 2.32 bits per heavy atom. The molecule has 0 unspecified atom stereocenters. The van der Waals surface area contributed by atoms with Crippen molar-refractivity contribution in [3.05, 3.63) is 54.1 Å². The molecule has 22 heavy (non-hydrogen) atoms. The third kappa shape index (κ3) is 3.61. The number of carbonyl (C=O) groups is 1. The molecule has 0 aromatic heterocycles. The van der Waals surface area contributed by atoms with Gasteiger partial charge in [0.1, 0.15) is 0 Å². The topological polar surface area (TPSA) is 72.5 Å². The molecule has 0 saturated carbocycles. The zero-order chi connectivity index (χ0) is 16.2. The lowest BCUT2D eigenvalue weighted by Gasteiger charge is -2.11. The third-order valence-corrected chi connectivity index (χ3v) is 5.07. The fraction of sp³-hybridized carbons (Fsp3) is 0.133. The number of anilines is 1. The van der Waals surface area contributed by atoms with Gasteiger partial charge in [-0.15, -0.1) is 11.8 Å². The van der Waals surface area contributed by atoms with Crippen LogP contribution in [0.4, 0.5) is 5.69 Å². The maximum atomic E-state index is 12.4. The number of esters is 1. The maximum Gasteiger partial charge on any atom is 0.339 e. The molecule has 7 heteroatoms. The Bertz CT molecular complexity index is 770. The van der Waals surface area contributed by atoms with Crippen molar-refractivity contribution in [2.75, 3.05) is 18.1 Å². The van der Waals surface area contributed by atoms with Crippen LogP contribution >= 0.6 is 11.8 Å². The van der Waals surface area contributed by atoms with Gasteiger partial charge < -0.3 is 4.74 Å². The molecule has 0 amide bonds. The maximum absolute atomic E-state index is 12.4. The number of para-hydroxylation sites is 1. The molecular weight excluding hydrogens is 322 g/mol. The van der Waals surface area contributed by atoms with Crippen molar-refractivity contribution < 1.29 is 17.9 Å². The highest BCUT2D eigenvalue weighted by Gasteiger charge is 2.18. The first-order valence-electron chi connectivity index (χ1n) is 6.32. The minimum Gasteiger partial charge on any atom is -0.465 e. The van der Waals surface area contributed by atoms with Gasteiger partial charge in [0, 0.05) is 4.90 Å². The van der Waals surface area contributed by atoms with Gasteiger partial charge in [-0.25, -0.2) is 13.2 Å². The summed E-state index contributed by atoms with van der Waals surface area (Å²) in [5.41, 5.74) is 0.345. The van der Waals surface area contributed by atoms with E-state index >= 15 is 0 Å². The molecule has 0 spiro atoms. The number of sulfonamides is 1. The average molecular weight is 337 g/mol. The SMILES string of the molecule is COC(=O)c1ccccc1NS(=O)(=O)c1ccc(SC)cc1. The monoisotopic (exact) mass is 337 g/mol. The van der Waals surface area contributed by atoms with Crippen molar-refractivity contribution in [3.63, 3.8) is 0 Å². The number of carbonyl (C=O) groups excluding carboxylic acids is 1. The Morgan fingerprint density at radius 2 is 1.73 bits per heavy atom. The number of hydrogen-bond acceptors (Lipinski definition) is 5. The molecule has 2 rings (SSSR count). The minimum absolute atomic E-state index is 0.130. The number of ether oxygens (including phenoxy) is 1. The molecule has 0 bridgehead atoms. The number of rotatable bonds is 5. The molecule has 0 radical (unpaired) electrons. The van der Waals surface area contributed by atoms with Crippen molar-refractivity contribution in [2.24, 2.45) is 0 Å². The standard InChI is InChI=1S/C15H15NO4S2/c1-20-15(17)13-5-3-4-6-14(13)16-22(18,19)12-9-7-11(21-2)8-10-12/h3-10,16H,1-2H3. The molecule has 0 atom stereocenters. The van der Waals surface area contributed by atoms with E-state index in [-0.39, 0.29) is 16.1 Å². The normalized spacial score (nSPS) is 11.0. The van der Waals surface area contributed by atoms with E-state index in [1.54, 1.807) is 24.3 Å². The smallest absolute Gasteiger partial charge is 0.339 e. The molecule has 0 aliphatic heterocycles. The van der Waals surface area contributed by atoms with Crippen molar-refractivity contribution in [1.29, 1.82) is 0 Å². The summed E-state index contributed by atoms with van der Waals surface area (Å²) in [5.74, 6) is -0.601. The van der Waals surface area contributed by atoms with E-state index in [0.717, 1.165) is 4.90 Å². The summed E-state index contributed by atoms with van der Waals surface area (Å²) >= 11 is 1.53. The Morgan fingerprint density at radius 1 is 1.09 bits per heavy atom. The third-order valence-electron chi connectivity index (χ3n) is 2.95. The summed E-state index contributed by atoms with van der Waals surface area (Å²) in [7, 11) is -2.52. The Kier molecular flexibility index (Phi) is 5.10. The van der Waals surface area contributed by atoms with Gasteiger partial charge in [0.2, 0.25) is 0 Å². The van der Waals surface area contributed by atoms with E-state index in [1.165, 1.54) is 43.1 Å². The largest absolute Gasteiger partial charge is 0.465 e. The lowest BCUT2D eigenvalue weighted by Crippen LogP contribution is -2.16. The Hall–Kier alpha value is -1.99. The lowest BCUT2D eigenvalue weighted by atomic mass is 10.2. The molecule has 5 nitrogen and oxygen atoms in total. The van der Waals surface area contributed by atoms with E-state index in [9.17, 15) is 13.2 Å². The van der Waals surface area contributed by atoms with Gasteiger partial charge in [0.05, 0.1) is 23.3 Å². The molecule has 0 fully saturated rings. The van der Waals surface area contributed by atoms with Gasteiger partial charge >= 0.3 is 5.97 Å². The van der Waals surface area contributed by atoms with E-state index in [1.807, 2.05) is 6.26 Å². The van der Waals surface area contributed by atoms with Gasteiger partial charge in [-0.3, -0.25) is 4.72 Å². The summed E-state index contributed by atoms with van der Waals surface area (Å²) < 4.78 is 31.9. The van der Waals surface area contributed by atoms with E-state index in [0.29, 0.717) is 0 Å². The number of methoxy groups -OCH3 is 1. The highest BCUT2D eigenvalue weighted by Crippen LogP contribution is 2.22. The van der Waals surface area contributed by atoms with Crippen LogP contribution in [-0.4, -0.2) is 27.8 Å². The number of nitrogens with one attached hydrogen (secondary N) is 1. The zero-order valence-electron chi connectivity index (χ0n) is 12.1. The second-order valence-corrected chi connectivity index (χ2v) is 6.88. The first-order chi connectivity index (χ1) is 10.5. The molecule has 116 valence electrons. The average Bonchev–Trinajstić information content (AvgIpc) is 2.54. The van der Waals surface area contributed by atoms with Crippen molar-refractivity contribution in [3.8, 4) is 0 Å². The summed E-state index contributed by atoms with van der Waals surface area (Å²) in [6, 6.07) is 12.8. The van der Waals surface area contributed by atoms with Gasteiger partial charge in [-0.2, -0.15) is 0 Å². The van der Waals surface area contributed by atoms with Crippen molar-refractivity contribution in [1.82, 2.24) is 0 Å². The highest BCUT2D eigenvalue weighted by molar-refractivity contribution is 7.98. The second kappa shape index (κ2) is 6.85. The van der Waals surface area contributed by atoms with Gasteiger partial charge in [0.15, 0.2) is 0 Å². The van der Waals surface area contributed by atoms with Crippen LogP contribution < -0.4 is 4.72 Å². The van der Waals surface area contributed by atoms with Crippen LogP contribution in [0.1, 0.15) is 10.4 Å². The van der Waals surface area contributed by atoms with Crippen LogP contribution in [0.3, 0.4) is 0 Å². The second-order valence-electron chi connectivity index (χ2n) is 4.32. The molecule has 0 heterocycles. The molecular formula is C15H15NO4S2. The molecule has 0 aliphatic carbocycles. The van der Waals surface area contributed by atoms with Gasteiger partial charge in [-0.05, 0) is 42.7 Å². The quantitative estimate of drug-likeness (QED) is 0.671. The highest BCUT2D eigenvalue weighted by atomic mass is 32.2. The number of thioether (sulfide) groups is 1. The van der Waals surface area contributed by atoms with Crippen LogP contribution in [0.15, 0.2) is 58.3 Å². The molecule has 1 N–H and O–H groups in total. The van der Waals surface area contributed by atoms with Gasteiger partial charge in [0.25, 0.3) is 10.0 Å². The molecule has 2 aromatic carbocycles. The van der Waals surface area contributed by atoms with Crippen molar-refractivity contribution in [2.45, 2.75) is 9.79 Å². The van der Waals surface area contributed by atoms with Crippen LogP contribution in [-0.2, 0) is 14.8 Å². The van der Waals surface area contributed by atoms with Crippen molar-refractivity contribution >= 4 is 33.4 Å². The minimum atomic E-state index is -3.77. The van der Waals surface area contributed by atoms with E-state index in [2.05, 4.69) is 9.46 Å². The predicted octanol–water partition coefficient (Wildman–Crippen LogP) is 3.00. The fourth-order valence-corrected chi connectivity index (χ4v) is 3.31. The van der Waals surface area contributed by atoms with Crippen LogP contribution in [0.25, 0.3) is 0 Å². The first-order valence-corrected chi connectivity index (χ1v) is 9.03. The molecule has 2 aromatic rings. The molecule has 0 aliphatic rings. The Balaban J connectivity index is 2.34. The van der Waals surface area contributed by atoms with E-state index in [4.69, 9.17) is 0 Å². The van der Waals surface area contributed by atoms with Crippen LogP contribution in [0, 0.1) is 0 Å². The number of benzene rings is 2. The lowest BCUT2D eigenvalue weighted by molar-refractivity contribution is 0.0602.